The number of nitrogens with zero attached hydrogens (tertiary/aromatic N) is 1. The summed E-state index contributed by atoms with van der Waals surface area (Å²) >= 11 is 1.42. The Morgan fingerprint density at radius 2 is 1.78 bits per heavy atom. The number of carbonyl (C=O) groups is 1. The number of carbonyl (C=O) groups excluding carboxylic acids is 1. The van der Waals surface area contributed by atoms with E-state index >= 15 is 0 Å². The number of anilines is 1. The van der Waals surface area contributed by atoms with Crippen LogP contribution in [0, 0.1) is 10.1 Å². The first kappa shape index (κ1) is 16.8. The summed E-state index contributed by atoms with van der Waals surface area (Å²) in [6, 6.07) is 13.2. The van der Waals surface area contributed by atoms with Crippen LogP contribution >= 0.6 is 11.8 Å². The van der Waals surface area contributed by atoms with Gasteiger partial charge in [0, 0.05) is 22.7 Å². The van der Waals surface area contributed by atoms with Crippen molar-refractivity contribution in [1.29, 1.82) is 0 Å². The number of hydrogen-bond acceptors (Lipinski definition) is 5. The molecule has 1 N–H and O–H groups in total. The molecule has 2 rings (SSSR count). The Bertz CT molecular complexity index is 686. The predicted octanol–water partition coefficient (Wildman–Crippen LogP) is 3.72. The Morgan fingerprint density at radius 1 is 1.17 bits per heavy atom. The number of non-ortho nitro benzene ring substituents is 1. The standard InChI is InChI=1S/C16H16N2O4S/c1-11(23-15-9-7-14(22-2)8-10-15)16(19)17-12-3-5-13(6-4-12)18(20)21/h3-11H,1-2H3,(H,17,19). The molecule has 0 saturated heterocycles. The van der Waals surface area contributed by atoms with Crippen LogP contribution in [-0.4, -0.2) is 23.2 Å². The molecule has 0 aliphatic rings. The number of benzene rings is 2. The van der Waals surface area contributed by atoms with E-state index in [2.05, 4.69) is 5.32 Å². The van der Waals surface area contributed by atoms with Gasteiger partial charge in [0.25, 0.3) is 5.69 Å². The molecular weight excluding hydrogens is 316 g/mol. The fourth-order valence-corrected chi connectivity index (χ4v) is 2.69. The summed E-state index contributed by atoms with van der Waals surface area (Å²) in [6.07, 6.45) is 0. The van der Waals surface area contributed by atoms with Gasteiger partial charge in [0.05, 0.1) is 17.3 Å². The molecule has 0 fully saturated rings. The van der Waals surface area contributed by atoms with Gasteiger partial charge in [-0.3, -0.25) is 14.9 Å². The van der Waals surface area contributed by atoms with E-state index in [1.807, 2.05) is 24.3 Å². The van der Waals surface area contributed by atoms with Gasteiger partial charge < -0.3 is 10.1 Å². The number of nitro benzene ring substituents is 1. The van der Waals surface area contributed by atoms with Crippen molar-refractivity contribution in [3.63, 3.8) is 0 Å². The van der Waals surface area contributed by atoms with Gasteiger partial charge in [-0.05, 0) is 43.3 Å². The third-order valence-corrected chi connectivity index (χ3v) is 4.20. The lowest BCUT2D eigenvalue weighted by atomic mass is 10.3. The van der Waals surface area contributed by atoms with Gasteiger partial charge >= 0.3 is 0 Å². The largest absolute Gasteiger partial charge is 0.497 e. The van der Waals surface area contributed by atoms with Crippen molar-refractivity contribution in [2.45, 2.75) is 17.1 Å². The number of thioether (sulfide) groups is 1. The number of nitro groups is 1. The van der Waals surface area contributed by atoms with Crippen molar-refractivity contribution >= 4 is 29.0 Å². The minimum absolute atomic E-state index is 0.0105. The Morgan fingerprint density at radius 3 is 2.30 bits per heavy atom. The Balaban J connectivity index is 1.94. The van der Waals surface area contributed by atoms with Crippen molar-refractivity contribution < 1.29 is 14.5 Å². The molecule has 23 heavy (non-hydrogen) atoms. The number of methoxy groups -OCH3 is 1. The zero-order valence-electron chi connectivity index (χ0n) is 12.7. The first-order valence-corrected chi connectivity index (χ1v) is 7.73. The van der Waals surface area contributed by atoms with Gasteiger partial charge in [-0.15, -0.1) is 11.8 Å². The van der Waals surface area contributed by atoms with E-state index in [1.165, 1.54) is 36.0 Å². The van der Waals surface area contributed by atoms with E-state index in [-0.39, 0.29) is 16.8 Å². The van der Waals surface area contributed by atoms with Crippen LogP contribution in [-0.2, 0) is 4.79 Å². The molecule has 0 bridgehead atoms. The molecule has 1 atom stereocenters. The molecule has 1 unspecified atom stereocenters. The second-order valence-corrected chi connectivity index (χ2v) is 6.14. The summed E-state index contributed by atoms with van der Waals surface area (Å²) in [5.41, 5.74) is 0.520. The minimum Gasteiger partial charge on any atom is -0.497 e. The molecule has 120 valence electrons. The highest BCUT2D eigenvalue weighted by molar-refractivity contribution is 8.00. The maximum Gasteiger partial charge on any atom is 0.269 e. The molecule has 0 spiro atoms. The van der Waals surface area contributed by atoms with Crippen molar-refractivity contribution in [3.05, 3.63) is 58.6 Å². The first-order chi connectivity index (χ1) is 11.0. The van der Waals surface area contributed by atoms with E-state index in [0.717, 1.165) is 10.6 Å². The zero-order valence-corrected chi connectivity index (χ0v) is 13.5. The van der Waals surface area contributed by atoms with E-state index in [4.69, 9.17) is 4.74 Å². The Labute approximate surface area is 138 Å². The molecule has 0 aromatic heterocycles. The first-order valence-electron chi connectivity index (χ1n) is 6.85. The summed E-state index contributed by atoms with van der Waals surface area (Å²) in [7, 11) is 1.60. The number of amides is 1. The summed E-state index contributed by atoms with van der Waals surface area (Å²) < 4.78 is 5.09. The van der Waals surface area contributed by atoms with Crippen LogP contribution in [0.4, 0.5) is 11.4 Å². The fraction of sp³-hybridized carbons (Fsp3) is 0.188. The lowest BCUT2D eigenvalue weighted by Crippen LogP contribution is -2.22. The topological polar surface area (TPSA) is 81.5 Å². The average Bonchev–Trinajstić information content (AvgIpc) is 2.56. The van der Waals surface area contributed by atoms with Crippen molar-refractivity contribution in [2.75, 3.05) is 12.4 Å². The van der Waals surface area contributed by atoms with E-state index in [0.29, 0.717) is 5.69 Å². The molecule has 0 heterocycles. The minimum atomic E-state index is -0.478. The number of rotatable bonds is 6. The van der Waals surface area contributed by atoms with Crippen LogP contribution in [0.3, 0.4) is 0 Å². The van der Waals surface area contributed by atoms with Crippen LogP contribution in [0.1, 0.15) is 6.92 Å². The van der Waals surface area contributed by atoms with Crippen LogP contribution in [0.2, 0.25) is 0 Å². The lowest BCUT2D eigenvalue weighted by molar-refractivity contribution is -0.384. The monoisotopic (exact) mass is 332 g/mol. The molecular formula is C16H16N2O4S. The zero-order chi connectivity index (χ0) is 16.8. The number of ether oxygens (including phenoxy) is 1. The molecule has 0 aliphatic carbocycles. The van der Waals surface area contributed by atoms with Crippen LogP contribution < -0.4 is 10.1 Å². The highest BCUT2D eigenvalue weighted by Gasteiger charge is 2.15. The van der Waals surface area contributed by atoms with E-state index in [1.54, 1.807) is 14.0 Å². The number of nitrogens with one attached hydrogen (secondary N) is 1. The van der Waals surface area contributed by atoms with Crippen molar-refractivity contribution in [1.82, 2.24) is 0 Å². The summed E-state index contributed by atoms with van der Waals surface area (Å²) in [4.78, 5) is 23.2. The fourth-order valence-electron chi connectivity index (χ4n) is 1.82. The highest BCUT2D eigenvalue weighted by atomic mass is 32.2. The molecule has 1 amide bonds. The SMILES string of the molecule is COc1ccc(SC(C)C(=O)Nc2ccc([N+](=O)[O-])cc2)cc1. The summed E-state index contributed by atoms with van der Waals surface area (Å²) in [5, 5.41) is 13.0. The third-order valence-electron chi connectivity index (χ3n) is 3.09. The molecule has 2 aromatic carbocycles. The molecule has 0 radical (unpaired) electrons. The predicted molar refractivity (Wildman–Crippen MR) is 90.0 cm³/mol. The van der Waals surface area contributed by atoms with E-state index in [9.17, 15) is 14.9 Å². The molecule has 2 aromatic rings. The summed E-state index contributed by atoms with van der Waals surface area (Å²) in [6.45, 7) is 1.80. The molecule has 6 nitrogen and oxygen atoms in total. The van der Waals surface area contributed by atoms with Gasteiger partial charge in [0.2, 0.25) is 5.91 Å². The van der Waals surface area contributed by atoms with Crippen LogP contribution in [0.15, 0.2) is 53.4 Å². The summed E-state index contributed by atoms with van der Waals surface area (Å²) in [5.74, 6) is 0.594. The quantitative estimate of drug-likeness (QED) is 0.495. The Kier molecular flexibility index (Phi) is 5.59. The lowest BCUT2D eigenvalue weighted by Gasteiger charge is -2.12. The average molecular weight is 332 g/mol. The van der Waals surface area contributed by atoms with E-state index < -0.39 is 4.92 Å². The van der Waals surface area contributed by atoms with Gasteiger partial charge in [0.15, 0.2) is 0 Å². The smallest absolute Gasteiger partial charge is 0.269 e. The number of hydrogen-bond donors (Lipinski definition) is 1. The third kappa shape index (κ3) is 4.72. The normalized spacial score (nSPS) is 11.6. The van der Waals surface area contributed by atoms with Crippen LogP contribution in [0.25, 0.3) is 0 Å². The molecule has 0 aliphatic heterocycles. The van der Waals surface area contributed by atoms with Gasteiger partial charge in [-0.25, -0.2) is 0 Å². The second-order valence-electron chi connectivity index (χ2n) is 4.73. The maximum atomic E-state index is 12.2. The Hall–Kier alpha value is -2.54. The van der Waals surface area contributed by atoms with Crippen LogP contribution in [0.5, 0.6) is 5.75 Å². The highest BCUT2D eigenvalue weighted by Crippen LogP contribution is 2.26. The van der Waals surface area contributed by atoms with Crippen molar-refractivity contribution in [2.24, 2.45) is 0 Å². The van der Waals surface area contributed by atoms with Gasteiger partial charge in [-0.2, -0.15) is 0 Å². The van der Waals surface area contributed by atoms with Crippen molar-refractivity contribution in [3.8, 4) is 5.75 Å². The van der Waals surface area contributed by atoms with Gasteiger partial charge in [0.1, 0.15) is 5.75 Å². The second kappa shape index (κ2) is 7.64. The van der Waals surface area contributed by atoms with Gasteiger partial charge in [-0.1, -0.05) is 0 Å². The molecule has 7 heteroatoms. The molecule has 0 saturated carbocycles. The maximum absolute atomic E-state index is 12.2.